The van der Waals surface area contributed by atoms with Crippen LogP contribution < -0.4 is 5.32 Å². The van der Waals surface area contributed by atoms with Gasteiger partial charge in [-0.3, -0.25) is 4.98 Å². The Morgan fingerprint density at radius 3 is 2.94 bits per heavy atom. The molecule has 0 fully saturated rings. The molecule has 96 valence electrons. The van der Waals surface area contributed by atoms with Gasteiger partial charge in [-0.2, -0.15) is 0 Å². The molecule has 0 aliphatic rings. The smallest absolute Gasteiger partial charge is 0.0705 e. The summed E-state index contributed by atoms with van der Waals surface area (Å²) in [5, 5.41) is 4.74. The maximum absolute atomic E-state index is 4.38. The van der Waals surface area contributed by atoms with Gasteiger partial charge in [0.1, 0.15) is 0 Å². The van der Waals surface area contributed by atoms with E-state index in [4.69, 9.17) is 0 Å². The maximum Gasteiger partial charge on any atom is 0.0705 e. The fourth-order valence-electron chi connectivity index (χ4n) is 1.97. The van der Waals surface area contributed by atoms with Crippen LogP contribution in [-0.4, -0.2) is 36.6 Å². The lowest BCUT2D eigenvalue weighted by molar-refractivity contribution is 0.349. The van der Waals surface area contributed by atoms with Crippen LogP contribution in [0.25, 0.3) is 10.9 Å². The molecule has 18 heavy (non-hydrogen) atoms. The highest BCUT2D eigenvalue weighted by Gasteiger charge is 2.00. The van der Waals surface area contributed by atoms with Crippen LogP contribution in [0.4, 0.5) is 0 Å². The topological polar surface area (TPSA) is 28.2 Å². The van der Waals surface area contributed by atoms with E-state index in [1.807, 2.05) is 12.3 Å². The molecule has 0 aliphatic heterocycles. The largest absolute Gasteiger partial charge is 0.311 e. The van der Waals surface area contributed by atoms with E-state index in [0.717, 1.165) is 31.7 Å². The van der Waals surface area contributed by atoms with Crippen molar-refractivity contribution in [2.45, 2.75) is 13.5 Å². The lowest BCUT2D eigenvalue weighted by Gasteiger charge is -2.14. The summed E-state index contributed by atoms with van der Waals surface area (Å²) in [5.74, 6) is 0. The number of pyridine rings is 1. The molecule has 1 N–H and O–H groups in total. The van der Waals surface area contributed by atoms with E-state index in [9.17, 15) is 0 Å². The van der Waals surface area contributed by atoms with Crippen LogP contribution in [0.5, 0.6) is 0 Å². The average Bonchev–Trinajstić information content (AvgIpc) is 2.43. The molecule has 0 spiro atoms. The average molecular weight is 243 g/mol. The fraction of sp³-hybridized carbons (Fsp3) is 0.400. The van der Waals surface area contributed by atoms with Gasteiger partial charge in [-0.05, 0) is 31.3 Å². The third-order valence-corrected chi connectivity index (χ3v) is 3.26. The highest BCUT2D eigenvalue weighted by molar-refractivity contribution is 5.81. The molecule has 0 saturated carbocycles. The molecule has 0 atom stereocenters. The Morgan fingerprint density at radius 2 is 2.11 bits per heavy atom. The minimum atomic E-state index is 0.903. The zero-order chi connectivity index (χ0) is 12.8. The van der Waals surface area contributed by atoms with Crippen LogP contribution >= 0.6 is 0 Å². The Kier molecular flexibility index (Phi) is 4.67. The lowest BCUT2D eigenvalue weighted by atomic mass is 10.1. The molecule has 0 aliphatic carbocycles. The number of nitrogens with one attached hydrogen (secondary N) is 1. The first-order chi connectivity index (χ1) is 8.81. The first kappa shape index (κ1) is 13.0. The number of nitrogens with zero attached hydrogens (tertiary/aromatic N) is 2. The Morgan fingerprint density at radius 1 is 1.22 bits per heavy atom. The Hall–Kier alpha value is -1.45. The number of hydrogen-bond acceptors (Lipinski definition) is 3. The first-order valence-electron chi connectivity index (χ1n) is 6.53. The van der Waals surface area contributed by atoms with Crippen molar-refractivity contribution < 1.29 is 0 Å². The van der Waals surface area contributed by atoms with Crippen LogP contribution in [0.3, 0.4) is 0 Å². The van der Waals surface area contributed by atoms with Gasteiger partial charge in [0.05, 0.1) is 5.52 Å². The Bertz CT molecular complexity index is 491. The number of aromatic nitrogens is 1. The zero-order valence-corrected chi connectivity index (χ0v) is 11.2. The molecular weight excluding hydrogens is 222 g/mol. The molecule has 0 saturated heterocycles. The van der Waals surface area contributed by atoms with E-state index in [0.29, 0.717) is 0 Å². The van der Waals surface area contributed by atoms with Crippen molar-refractivity contribution in [3.63, 3.8) is 0 Å². The van der Waals surface area contributed by atoms with Gasteiger partial charge in [0.2, 0.25) is 0 Å². The second-order valence-electron chi connectivity index (χ2n) is 4.56. The summed E-state index contributed by atoms with van der Waals surface area (Å²) in [7, 11) is 2.14. The van der Waals surface area contributed by atoms with Crippen molar-refractivity contribution in [3.05, 3.63) is 42.1 Å². The molecule has 1 heterocycles. The molecular formula is C15H21N3. The summed E-state index contributed by atoms with van der Waals surface area (Å²) in [6.45, 7) is 6.28. The van der Waals surface area contributed by atoms with Crippen LogP contribution in [0.2, 0.25) is 0 Å². The van der Waals surface area contributed by atoms with Crippen molar-refractivity contribution in [2.24, 2.45) is 0 Å². The highest BCUT2D eigenvalue weighted by Crippen LogP contribution is 2.15. The summed E-state index contributed by atoms with van der Waals surface area (Å²) in [6.07, 6.45) is 1.84. The van der Waals surface area contributed by atoms with Crippen LogP contribution in [-0.2, 0) is 6.54 Å². The Balaban J connectivity index is 1.95. The van der Waals surface area contributed by atoms with Crippen LogP contribution in [0.1, 0.15) is 12.5 Å². The Labute approximate surface area is 109 Å². The third kappa shape index (κ3) is 3.28. The summed E-state index contributed by atoms with van der Waals surface area (Å²) in [4.78, 5) is 6.68. The van der Waals surface area contributed by atoms with Crippen molar-refractivity contribution in [1.29, 1.82) is 0 Å². The molecule has 0 bridgehead atoms. The summed E-state index contributed by atoms with van der Waals surface area (Å²) in [6, 6.07) is 10.4. The van der Waals surface area contributed by atoms with Gasteiger partial charge < -0.3 is 10.2 Å². The number of benzene rings is 1. The predicted octanol–water partition coefficient (Wildman–Crippen LogP) is 2.28. The fourth-order valence-corrected chi connectivity index (χ4v) is 1.97. The molecule has 2 rings (SSSR count). The minimum Gasteiger partial charge on any atom is -0.311 e. The molecule has 0 radical (unpaired) electrons. The normalized spacial score (nSPS) is 11.3. The van der Waals surface area contributed by atoms with Gasteiger partial charge in [-0.15, -0.1) is 0 Å². The van der Waals surface area contributed by atoms with Gasteiger partial charge in [-0.25, -0.2) is 0 Å². The predicted molar refractivity (Wildman–Crippen MR) is 76.6 cm³/mol. The number of rotatable bonds is 6. The van der Waals surface area contributed by atoms with Gasteiger partial charge in [0, 0.05) is 31.2 Å². The summed E-state index contributed by atoms with van der Waals surface area (Å²) < 4.78 is 0. The van der Waals surface area contributed by atoms with Crippen LogP contribution in [0, 0.1) is 0 Å². The SMILES string of the molecule is CCN(C)CCNCc1cccc2ncccc12. The summed E-state index contributed by atoms with van der Waals surface area (Å²) >= 11 is 0. The zero-order valence-electron chi connectivity index (χ0n) is 11.2. The number of likely N-dealkylation sites (N-methyl/N-ethyl adjacent to an activating group) is 1. The number of hydrogen-bond donors (Lipinski definition) is 1. The van der Waals surface area contributed by atoms with Crippen LogP contribution in [0.15, 0.2) is 36.5 Å². The van der Waals surface area contributed by atoms with Gasteiger partial charge in [-0.1, -0.05) is 25.1 Å². The molecule has 0 amide bonds. The van der Waals surface area contributed by atoms with Crippen molar-refractivity contribution in [3.8, 4) is 0 Å². The standard InChI is InChI=1S/C15H21N3/c1-3-18(2)11-10-16-12-13-6-4-8-15-14(13)7-5-9-17-15/h4-9,16H,3,10-12H2,1-2H3. The molecule has 1 aromatic carbocycles. The maximum atomic E-state index is 4.38. The molecule has 1 aromatic heterocycles. The third-order valence-electron chi connectivity index (χ3n) is 3.26. The highest BCUT2D eigenvalue weighted by atomic mass is 15.1. The van der Waals surface area contributed by atoms with E-state index in [1.165, 1.54) is 10.9 Å². The van der Waals surface area contributed by atoms with Gasteiger partial charge in [0.15, 0.2) is 0 Å². The second kappa shape index (κ2) is 6.47. The molecule has 2 aromatic rings. The van der Waals surface area contributed by atoms with E-state index < -0.39 is 0 Å². The second-order valence-corrected chi connectivity index (χ2v) is 4.56. The first-order valence-corrected chi connectivity index (χ1v) is 6.53. The lowest BCUT2D eigenvalue weighted by Crippen LogP contribution is -2.28. The minimum absolute atomic E-state index is 0.903. The summed E-state index contributed by atoms with van der Waals surface area (Å²) in [5.41, 5.74) is 2.39. The monoisotopic (exact) mass is 243 g/mol. The van der Waals surface area contributed by atoms with Crippen molar-refractivity contribution in [1.82, 2.24) is 15.2 Å². The van der Waals surface area contributed by atoms with Gasteiger partial charge in [0.25, 0.3) is 0 Å². The number of fused-ring (bicyclic) bond motifs is 1. The van der Waals surface area contributed by atoms with Gasteiger partial charge >= 0.3 is 0 Å². The van der Waals surface area contributed by atoms with E-state index >= 15 is 0 Å². The van der Waals surface area contributed by atoms with E-state index in [-0.39, 0.29) is 0 Å². The van der Waals surface area contributed by atoms with E-state index in [1.54, 1.807) is 0 Å². The molecule has 0 unspecified atom stereocenters. The quantitative estimate of drug-likeness (QED) is 0.789. The van der Waals surface area contributed by atoms with Crippen molar-refractivity contribution in [2.75, 3.05) is 26.7 Å². The molecule has 3 heteroatoms. The van der Waals surface area contributed by atoms with Crippen molar-refractivity contribution >= 4 is 10.9 Å². The molecule has 3 nitrogen and oxygen atoms in total. The van der Waals surface area contributed by atoms with E-state index in [2.05, 4.69) is 53.4 Å².